The van der Waals surface area contributed by atoms with E-state index in [1.807, 2.05) is 73.1 Å². The van der Waals surface area contributed by atoms with Gasteiger partial charge in [-0.15, -0.1) is 0 Å². The fourth-order valence-electron chi connectivity index (χ4n) is 18.3. The monoisotopic (exact) mass is 1460 g/mol. The van der Waals surface area contributed by atoms with Crippen LogP contribution in [0.3, 0.4) is 0 Å². The third kappa shape index (κ3) is 10.5. The van der Waals surface area contributed by atoms with Gasteiger partial charge in [0.1, 0.15) is 33.5 Å². The average molecular weight is 1460 g/mol. The van der Waals surface area contributed by atoms with Gasteiger partial charge in [-0.25, -0.2) is 4.85 Å². The molecule has 4 aromatic heterocycles. The maximum Gasteiger partial charge on any atom is 0.229 e. The number of para-hydroxylation sites is 2. The van der Waals surface area contributed by atoms with Crippen LogP contribution >= 0.6 is 0 Å². The Bertz CT molecular complexity index is 8310. The summed E-state index contributed by atoms with van der Waals surface area (Å²) < 4.78 is 18.4. The van der Waals surface area contributed by atoms with Crippen molar-refractivity contribution in [3.63, 3.8) is 0 Å². The Kier molecular flexibility index (Phi) is 14.4. The highest BCUT2D eigenvalue weighted by molar-refractivity contribution is 6.28. The van der Waals surface area contributed by atoms with E-state index in [1.54, 1.807) is 12.1 Å². The second kappa shape index (κ2) is 25.6. The molecule has 528 valence electrons. The van der Waals surface area contributed by atoms with Gasteiger partial charge < -0.3 is 13.3 Å². The van der Waals surface area contributed by atoms with Crippen LogP contribution in [0.4, 0.5) is 5.69 Å². The van der Waals surface area contributed by atoms with E-state index in [9.17, 15) is 10.5 Å². The lowest BCUT2D eigenvalue weighted by Gasteiger charge is -2.15. The molecule has 25 rings (SSSR count). The average Bonchev–Trinajstić information content (AvgIpc) is 1.13. The Hall–Kier alpha value is -16.0. The van der Waals surface area contributed by atoms with Gasteiger partial charge in [0.25, 0.3) is 0 Å². The largest absolute Gasteiger partial charge is 0.466 e. The molecule has 0 saturated carbocycles. The third-order valence-electron chi connectivity index (χ3n) is 23.6. The molecule has 0 N–H and O–H groups in total. The summed E-state index contributed by atoms with van der Waals surface area (Å²) in [5.41, 5.74) is 20.6. The SMILES string of the molecule is N#Cc1ccc2oc3ccc(-c4cc5ccc6cc(-c7cccc8ccccc78)cc7ccc(c4)c5c67)cc3c2c1.N#Cc1ccc2oc3ccc(-c4cc5ccc6cc(-c7cccnc7)cc7ccc(c4)c5c67)cc3c2c1.[C-]#[N+]c1cccc2c1oc1c(-c3cc4ccc5cc(-c6ccccc6)cc6ccc(c3)c4c56)cccc12. The lowest BCUT2D eigenvalue weighted by atomic mass is 9.88. The predicted octanol–water partition coefficient (Wildman–Crippen LogP) is 30.3. The van der Waals surface area contributed by atoms with E-state index >= 15 is 0 Å². The molecule has 0 atom stereocenters. The van der Waals surface area contributed by atoms with Gasteiger partial charge in [0, 0.05) is 55.8 Å². The highest BCUT2D eigenvalue weighted by atomic mass is 16.3. The smallest absolute Gasteiger partial charge is 0.229 e. The summed E-state index contributed by atoms with van der Waals surface area (Å²) in [5.74, 6) is 0. The van der Waals surface area contributed by atoms with Crippen molar-refractivity contribution in [2.45, 2.75) is 0 Å². The number of pyridine rings is 1. The molecule has 0 amide bonds. The molecule has 25 aromatic rings. The number of fused-ring (bicyclic) bond motifs is 10. The summed E-state index contributed by atoms with van der Waals surface area (Å²) in [5, 5.41) is 50.0. The minimum atomic E-state index is 0.546. The van der Waals surface area contributed by atoms with Crippen LogP contribution in [0.5, 0.6) is 0 Å². The number of hydrogen-bond acceptors (Lipinski definition) is 6. The van der Waals surface area contributed by atoms with Crippen LogP contribution in [-0.2, 0) is 0 Å². The minimum Gasteiger partial charge on any atom is -0.466 e. The quantitative estimate of drug-likeness (QED) is 0.121. The van der Waals surface area contributed by atoms with E-state index in [2.05, 4.69) is 289 Å². The van der Waals surface area contributed by atoms with Crippen molar-refractivity contribution in [3.05, 3.63) is 375 Å². The second-order valence-electron chi connectivity index (χ2n) is 30.1. The first kappa shape index (κ1) is 65.0. The van der Waals surface area contributed by atoms with Crippen LogP contribution < -0.4 is 0 Å². The molecule has 21 aromatic carbocycles. The third-order valence-corrected chi connectivity index (χ3v) is 23.6. The summed E-state index contributed by atoms with van der Waals surface area (Å²) in [4.78, 5) is 7.97. The minimum absolute atomic E-state index is 0.546. The van der Waals surface area contributed by atoms with Crippen molar-refractivity contribution in [1.82, 2.24) is 4.98 Å². The first-order valence-corrected chi connectivity index (χ1v) is 38.4. The summed E-state index contributed by atoms with van der Waals surface area (Å²) >= 11 is 0. The number of benzene rings is 21. The van der Waals surface area contributed by atoms with Crippen molar-refractivity contribution < 1.29 is 13.3 Å². The summed E-state index contributed by atoms with van der Waals surface area (Å²) in [6, 6.07) is 125. The van der Waals surface area contributed by atoms with Gasteiger partial charge in [-0.1, -0.05) is 200 Å². The molecule has 0 unspecified atom stereocenters. The molecule has 0 aliphatic carbocycles. The van der Waals surface area contributed by atoms with Gasteiger partial charge >= 0.3 is 0 Å². The van der Waals surface area contributed by atoms with Gasteiger partial charge in [0.15, 0.2) is 0 Å². The normalized spacial score (nSPS) is 11.8. The van der Waals surface area contributed by atoms with Crippen LogP contribution in [0.2, 0.25) is 0 Å². The fourth-order valence-corrected chi connectivity index (χ4v) is 18.3. The van der Waals surface area contributed by atoms with Crippen LogP contribution in [0, 0.1) is 29.2 Å². The second-order valence-corrected chi connectivity index (χ2v) is 30.1. The molecular weight excluding hydrogens is 1400 g/mol. The topological polar surface area (TPSA) is 104 Å². The zero-order valence-corrected chi connectivity index (χ0v) is 61.5. The Morgan fingerprint density at radius 3 is 1.05 bits per heavy atom. The fraction of sp³-hybridized carbons (Fsp3) is 0. The van der Waals surface area contributed by atoms with Crippen LogP contribution in [-0.4, -0.2) is 4.98 Å². The van der Waals surface area contributed by atoms with E-state index in [0.717, 1.165) is 93.6 Å². The molecular formula is C108H58N4O3. The zero-order valence-electron chi connectivity index (χ0n) is 61.5. The molecule has 4 heterocycles. The molecule has 0 radical (unpaired) electrons. The number of furan rings is 3. The van der Waals surface area contributed by atoms with E-state index in [1.165, 1.54) is 141 Å². The molecule has 0 aliphatic heterocycles. The number of hydrogen-bond donors (Lipinski definition) is 0. The molecule has 0 aliphatic rings. The highest BCUT2D eigenvalue weighted by Crippen LogP contribution is 2.47. The van der Waals surface area contributed by atoms with E-state index in [0.29, 0.717) is 22.4 Å². The summed E-state index contributed by atoms with van der Waals surface area (Å²) in [6.07, 6.45) is 3.72. The zero-order chi connectivity index (χ0) is 76.1. The molecule has 7 heteroatoms. The van der Waals surface area contributed by atoms with Gasteiger partial charge in [0.05, 0.1) is 29.8 Å². The van der Waals surface area contributed by atoms with E-state index in [4.69, 9.17) is 19.8 Å². The molecule has 0 bridgehead atoms. The maximum absolute atomic E-state index is 9.41. The van der Waals surface area contributed by atoms with Crippen LogP contribution in [0.25, 0.3) is 245 Å². The van der Waals surface area contributed by atoms with E-state index in [-0.39, 0.29) is 0 Å². The van der Waals surface area contributed by atoms with Crippen molar-refractivity contribution in [3.8, 4) is 78.9 Å². The lowest BCUT2D eigenvalue weighted by molar-refractivity contribution is 0.668. The Balaban J connectivity index is 0.000000102. The Morgan fingerprint density at radius 2 is 0.600 bits per heavy atom. The molecule has 7 nitrogen and oxygen atoms in total. The van der Waals surface area contributed by atoms with E-state index < -0.39 is 0 Å². The molecule has 0 fully saturated rings. The molecule has 0 saturated heterocycles. The van der Waals surface area contributed by atoms with Crippen molar-refractivity contribution >= 4 is 179 Å². The Morgan fingerprint density at radius 1 is 0.243 bits per heavy atom. The van der Waals surface area contributed by atoms with Crippen molar-refractivity contribution in [2.75, 3.05) is 0 Å². The predicted molar refractivity (Wildman–Crippen MR) is 476 cm³/mol. The first-order valence-electron chi connectivity index (χ1n) is 38.4. The van der Waals surface area contributed by atoms with Crippen molar-refractivity contribution in [1.29, 1.82) is 10.5 Å². The number of rotatable bonds is 6. The lowest BCUT2D eigenvalue weighted by Crippen LogP contribution is -1.88. The van der Waals surface area contributed by atoms with Gasteiger partial charge in [-0.2, -0.15) is 10.5 Å². The number of nitrogens with zero attached hydrogens (tertiary/aromatic N) is 4. The van der Waals surface area contributed by atoms with Crippen LogP contribution in [0.1, 0.15) is 11.1 Å². The molecule has 0 spiro atoms. The Labute approximate surface area is 657 Å². The summed E-state index contributed by atoms with van der Waals surface area (Å²) in [6.45, 7) is 7.55. The highest BCUT2D eigenvalue weighted by Gasteiger charge is 2.21. The summed E-state index contributed by atoms with van der Waals surface area (Å²) in [7, 11) is 0. The van der Waals surface area contributed by atoms with Gasteiger partial charge in [-0.05, 0) is 303 Å². The maximum atomic E-state index is 9.41. The van der Waals surface area contributed by atoms with Crippen molar-refractivity contribution in [2.24, 2.45) is 0 Å². The molecule has 115 heavy (non-hydrogen) atoms. The van der Waals surface area contributed by atoms with Gasteiger partial charge in [0.2, 0.25) is 5.69 Å². The number of nitriles is 2. The van der Waals surface area contributed by atoms with Gasteiger partial charge in [-0.3, -0.25) is 4.98 Å². The standard InChI is InChI=1S/C39H21NO.C35H19NO.C34H18N2O/c40-22-23-8-14-36-34(16-23)35-21-25(13-15-37(35)41-36)30-17-26-9-11-28-19-31(20-29-12-10-27(18-30)38(26)39(28)29)33-7-3-5-24-4-1-2-6-32(24)33;1-36-31-12-6-11-30-29-10-5-9-28(34(29)37-35(30)31)27-19-24-15-13-22-17-26(21-7-3-2-4-8-21)18-23-14-16-25(20-27)33(24)32(22)23;35-18-20-3-9-31-29(12-20)30-17-21(8-10-32(30)37-31)27-13-22-4-6-24-15-28(26-2-1-11-36-19-26)16-25-7-5-23(14-27)33(22)34(24)25/h1-21H;2-20H;1-17,19H. The first-order chi connectivity index (χ1) is 56.8. The van der Waals surface area contributed by atoms with Crippen LogP contribution in [0.15, 0.2) is 365 Å². The number of aromatic nitrogens is 1.